The number of hydrogen-bond acceptors (Lipinski definition) is 6. The SMILES string of the molecule is COc1ccc(/C=C2\SC(=S)N(CCC(=O)OC3CCCCC3)C2=O)cc1. The van der Waals surface area contributed by atoms with Crippen LogP contribution in [-0.2, 0) is 14.3 Å². The molecule has 27 heavy (non-hydrogen) atoms. The Labute approximate surface area is 169 Å². The van der Waals surface area contributed by atoms with Gasteiger partial charge in [0.15, 0.2) is 0 Å². The maximum absolute atomic E-state index is 12.6. The summed E-state index contributed by atoms with van der Waals surface area (Å²) >= 11 is 6.58. The molecule has 0 bridgehead atoms. The molecule has 1 saturated heterocycles. The maximum atomic E-state index is 12.6. The van der Waals surface area contributed by atoms with E-state index in [1.807, 2.05) is 24.3 Å². The second-order valence-electron chi connectivity index (χ2n) is 6.61. The van der Waals surface area contributed by atoms with Crippen molar-refractivity contribution in [2.24, 2.45) is 0 Å². The molecule has 0 atom stereocenters. The van der Waals surface area contributed by atoms with Gasteiger partial charge in [0.05, 0.1) is 18.4 Å². The standard InChI is InChI=1S/C20H23NO4S2/c1-24-15-9-7-14(8-10-15)13-17-19(23)21(20(26)27-17)12-11-18(22)25-16-5-3-2-4-6-16/h7-10,13,16H,2-6,11-12H2,1H3/b17-13-. The van der Waals surface area contributed by atoms with Gasteiger partial charge in [-0.25, -0.2) is 0 Å². The summed E-state index contributed by atoms with van der Waals surface area (Å²) in [4.78, 5) is 26.7. The molecule has 1 aromatic rings. The van der Waals surface area contributed by atoms with E-state index < -0.39 is 0 Å². The van der Waals surface area contributed by atoms with E-state index >= 15 is 0 Å². The van der Waals surface area contributed by atoms with E-state index in [1.165, 1.54) is 23.1 Å². The Morgan fingerprint density at radius 1 is 1.26 bits per heavy atom. The van der Waals surface area contributed by atoms with Crippen LogP contribution in [0.3, 0.4) is 0 Å². The lowest BCUT2D eigenvalue weighted by atomic mass is 9.98. The van der Waals surface area contributed by atoms with E-state index in [2.05, 4.69) is 0 Å². The van der Waals surface area contributed by atoms with Crippen molar-refractivity contribution < 1.29 is 19.1 Å². The van der Waals surface area contributed by atoms with Crippen LogP contribution in [0.5, 0.6) is 5.75 Å². The average Bonchev–Trinajstić information content (AvgIpc) is 2.94. The first kappa shape index (κ1) is 19.9. The molecule has 0 spiro atoms. The highest BCUT2D eigenvalue weighted by Crippen LogP contribution is 2.33. The highest BCUT2D eigenvalue weighted by Gasteiger charge is 2.32. The molecule has 1 heterocycles. The summed E-state index contributed by atoms with van der Waals surface area (Å²) in [5, 5.41) is 0. The van der Waals surface area contributed by atoms with E-state index in [9.17, 15) is 9.59 Å². The van der Waals surface area contributed by atoms with Gasteiger partial charge in [0.25, 0.3) is 5.91 Å². The normalized spacial score (nSPS) is 19.6. The molecule has 0 unspecified atom stereocenters. The lowest BCUT2D eigenvalue weighted by Gasteiger charge is -2.22. The predicted molar refractivity (Wildman–Crippen MR) is 110 cm³/mol. The minimum Gasteiger partial charge on any atom is -0.497 e. The summed E-state index contributed by atoms with van der Waals surface area (Å²) in [5.41, 5.74) is 0.896. The number of nitrogens with zero attached hydrogens (tertiary/aromatic N) is 1. The molecule has 1 aromatic carbocycles. The van der Waals surface area contributed by atoms with Crippen LogP contribution >= 0.6 is 24.0 Å². The van der Waals surface area contributed by atoms with Crippen LogP contribution < -0.4 is 4.74 Å². The lowest BCUT2D eigenvalue weighted by Crippen LogP contribution is -2.31. The van der Waals surface area contributed by atoms with Gasteiger partial charge in [0.1, 0.15) is 16.2 Å². The summed E-state index contributed by atoms with van der Waals surface area (Å²) in [7, 11) is 1.61. The van der Waals surface area contributed by atoms with Crippen LogP contribution in [0.1, 0.15) is 44.1 Å². The van der Waals surface area contributed by atoms with Crippen LogP contribution in [-0.4, -0.2) is 40.9 Å². The number of carbonyl (C=O) groups excluding carboxylic acids is 2. The van der Waals surface area contributed by atoms with Gasteiger partial charge in [-0.2, -0.15) is 0 Å². The summed E-state index contributed by atoms with van der Waals surface area (Å²) in [5.74, 6) is 0.345. The number of amides is 1. The lowest BCUT2D eigenvalue weighted by molar-refractivity contribution is -0.150. The van der Waals surface area contributed by atoms with Gasteiger partial charge in [-0.3, -0.25) is 14.5 Å². The summed E-state index contributed by atoms with van der Waals surface area (Å²) in [6.45, 7) is 0.260. The number of thiocarbonyl (C=S) groups is 1. The third kappa shape index (κ3) is 5.32. The zero-order valence-electron chi connectivity index (χ0n) is 15.3. The molecule has 0 N–H and O–H groups in total. The number of thioether (sulfide) groups is 1. The highest BCUT2D eigenvalue weighted by molar-refractivity contribution is 8.26. The second kappa shape index (κ2) is 9.37. The topological polar surface area (TPSA) is 55.8 Å². The fourth-order valence-electron chi connectivity index (χ4n) is 3.18. The van der Waals surface area contributed by atoms with Gasteiger partial charge in [-0.1, -0.05) is 42.5 Å². The number of carbonyl (C=O) groups is 2. The molecule has 0 radical (unpaired) electrons. The monoisotopic (exact) mass is 405 g/mol. The van der Waals surface area contributed by atoms with Crippen molar-refractivity contribution in [3.05, 3.63) is 34.7 Å². The van der Waals surface area contributed by atoms with Gasteiger partial charge in [-0.05, 0) is 49.5 Å². The molecule has 2 fully saturated rings. The molecule has 5 nitrogen and oxygen atoms in total. The van der Waals surface area contributed by atoms with Gasteiger partial charge in [0.2, 0.25) is 0 Å². The third-order valence-electron chi connectivity index (χ3n) is 4.68. The van der Waals surface area contributed by atoms with Gasteiger partial charge >= 0.3 is 5.97 Å². The first-order valence-electron chi connectivity index (χ1n) is 9.16. The van der Waals surface area contributed by atoms with Crippen LogP contribution in [0.4, 0.5) is 0 Å². The molecule has 1 aliphatic heterocycles. The number of esters is 1. The number of hydrogen-bond donors (Lipinski definition) is 0. The summed E-state index contributed by atoms with van der Waals surface area (Å²) in [6, 6.07) is 7.45. The predicted octanol–water partition coefficient (Wildman–Crippen LogP) is 4.16. The Hall–Kier alpha value is -1.86. The molecule has 7 heteroatoms. The molecule has 3 rings (SSSR count). The van der Waals surface area contributed by atoms with Gasteiger partial charge < -0.3 is 9.47 Å². The van der Waals surface area contributed by atoms with E-state index in [1.54, 1.807) is 13.2 Å². The largest absolute Gasteiger partial charge is 0.497 e. The maximum Gasteiger partial charge on any atom is 0.307 e. The first-order chi connectivity index (χ1) is 13.1. The van der Waals surface area contributed by atoms with Crippen molar-refractivity contribution in [3.8, 4) is 5.75 Å². The van der Waals surface area contributed by atoms with Crippen LogP contribution in [0.25, 0.3) is 6.08 Å². The molecular formula is C20H23NO4S2. The average molecular weight is 406 g/mol. The van der Waals surface area contributed by atoms with Crippen molar-refractivity contribution in [3.63, 3.8) is 0 Å². The third-order valence-corrected chi connectivity index (χ3v) is 6.05. The molecule has 0 aromatic heterocycles. The Morgan fingerprint density at radius 3 is 2.63 bits per heavy atom. The van der Waals surface area contributed by atoms with Crippen molar-refractivity contribution in [2.45, 2.75) is 44.6 Å². The van der Waals surface area contributed by atoms with Gasteiger partial charge in [0, 0.05) is 6.54 Å². The Kier molecular flexibility index (Phi) is 6.90. The molecule has 1 amide bonds. The summed E-state index contributed by atoms with van der Waals surface area (Å²) < 4.78 is 11.1. The zero-order chi connectivity index (χ0) is 19.2. The summed E-state index contributed by atoms with van der Waals surface area (Å²) in [6.07, 6.45) is 7.33. The highest BCUT2D eigenvalue weighted by atomic mass is 32.2. The van der Waals surface area contributed by atoms with Crippen molar-refractivity contribution in [1.29, 1.82) is 0 Å². The Bertz CT molecular complexity index is 739. The van der Waals surface area contributed by atoms with Crippen LogP contribution in [0, 0.1) is 0 Å². The second-order valence-corrected chi connectivity index (χ2v) is 8.28. The zero-order valence-corrected chi connectivity index (χ0v) is 16.9. The minimum atomic E-state index is -0.255. The van der Waals surface area contributed by atoms with Gasteiger partial charge in [-0.15, -0.1) is 0 Å². The van der Waals surface area contributed by atoms with Crippen molar-refractivity contribution in [2.75, 3.05) is 13.7 Å². The number of rotatable bonds is 6. The van der Waals surface area contributed by atoms with E-state index in [0.717, 1.165) is 37.0 Å². The van der Waals surface area contributed by atoms with Crippen molar-refractivity contribution >= 4 is 46.3 Å². The molecule has 1 saturated carbocycles. The smallest absolute Gasteiger partial charge is 0.307 e. The fraction of sp³-hybridized carbons (Fsp3) is 0.450. The van der Waals surface area contributed by atoms with E-state index in [-0.39, 0.29) is 30.9 Å². The minimum absolute atomic E-state index is 0.0346. The molecule has 2 aliphatic rings. The number of ether oxygens (including phenoxy) is 2. The van der Waals surface area contributed by atoms with Crippen molar-refractivity contribution in [1.82, 2.24) is 4.90 Å². The number of methoxy groups -OCH3 is 1. The molecular weight excluding hydrogens is 382 g/mol. The van der Waals surface area contributed by atoms with E-state index in [0.29, 0.717) is 9.23 Å². The quantitative estimate of drug-likeness (QED) is 0.402. The Morgan fingerprint density at radius 2 is 1.96 bits per heavy atom. The van der Waals surface area contributed by atoms with Crippen LogP contribution in [0.15, 0.2) is 29.2 Å². The van der Waals surface area contributed by atoms with E-state index in [4.69, 9.17) is 21.7 Å². The molecule has 1 aliphatic carbocycles. The molecule has 144 valence electrons. The first-order valence-corrected chi connectivity index (χ1v) is 10.4. The Balaban J connectivity index is 1.55. The number of benzene rings is 1. The van der Waals surface area contributed by atoms with Crippen LogP contribution in [0.2, 0.25) is 0 Å². The fourth-order valence-corrected chi connectivity index (χ4v) is 4.48.